The number of ether oxygens (including phenoxy) is 1. The van der Waals surface area contributed by atoms with Gasteiger partial charge < -0.3 is 19.0 Å². The van der Waals surface area contributed by atoms with Crippen molar-refractivity contribution in [2.45, 2.75) is 44.9 Å². The first-order valence-electron chi connectivity index (χ1n) is 10.8. The highest BCUT2D eigenvalue weighted by Gasteiger charge is 2.28. The molecule has 2 saturated heterocycles. The minimum Gasteiger partial charge on any atom is -0.464 e. The van der Waals surface area contributed by atoms with Gasteiger partial charge in [0.25, 0.3) is 0 Å². The normalized spacial score (nSPS) is 20.0. The standard InChI is InChI=1S/C23H32N2O3/c1-2-15-28-23(26)25-13-6-18(7-14-25)17-24-11-8-19(9-12-24)21-5-3-4-20-10-16-27-22(20)21/h3-5,10,16,18-19H,2,6-9,11-15,17H2,1H3. The quantitative estimate of drug-likeness (QED) is 0.738. The predicted octanol–water partition coefficient (Wildman–Crippen LogP) is 4.87. The fourth-order valence-corrected chi connectivity index (χ4v) is 4.71. The Morgan fingerprint density at radius 1 is 1.11 bits per heavy atom. The molecule has 2 aromatic rings. The van der Waals surface area contributed by atoms with Crippen LogP contribution in [0.4, 0.5) is 4.79 Å². The number of amides is 1. The molecular formula is C23H32N2O3. The smallest absolute Gasteiger partial charge is 0.409 e. The van der Waals surface area contributed by atoms with Crippen molar-refractivity contribution < 1.29 is 13.9 Å². The highest BCUT2D eigenvalue weighted by molar-refractivity contribution is 5.80. The molecule has 4 rings (SSSR count). The minimum atomic E-state index is -0.131. The van der Waals surface area contributed by atoms with E-state index in [9.17, 15) is 4.79 Å². The lowest BCUT2D eigenvalue weighted by molar-refractivity contribution is 0.0798. The Labute approximate surface area is 167 Å². The van der Waals surface area contributed by atoms with Crippen molar-refractivity contribution in [3.63, 3.8) is 0 Å². The summed E-state index contributed by atoms with van der Waals surface area (Å²) in [5.74, 6) is 1.29. The van der Waals surface area contributed by atoms with Crippen LogP contribution in [0.5, 0.6) is 0 Å². The lowest BCUT2D eigenvalue weighted by Crippen LogP contribution is -2.43. The third-order valence-electron chi connectivity index (χ3n) is 6.36. The van der Waals surface area contributed by atoms with E-state index in [-0.39, 0.29) is 6.09 Å². The largest absolute Gasteiger partial charge is 0.464 e. The summed E-state index contributed by atoms with van der Waals surface area (Å²) in [6.07, 6.45) is 7.12. The summed E-state index contributed by atoms with van der Waals surface area (Å²) < 4.78 is 11.0. The number of piperidine rings is 2. The molecular weight excluding hydrogens is 352 g/mol. The van der Waals surface area contributed by atoms with Crippen LogP contribution in [0.1, 0.15) is 50.5 Å². The van der Waals surface area contributed by atoms with Crippen molar-refractivity contribution >= 4 is 17.1 Å². The summed E-state index contributed by atoms with van der Waals surface area (Å²) in [6, 6.07) is 8.57. The molecule has 2 aliphatic rings. The van der Waals surface area contributed by atoms with Crippen LogP contribution in [0, 0.1) is 5.92 Å². The van der Waals surface area contributed by atoms with E-state index >= 15 is 0 Å². The number of hydrogen-bond acceptors (Lipinski definition) is 4. The second kappa shape index (κ2) is 8.99. The first-order chi connectivity index (χ1) is 13.7. The van der Waals surface area contributed by atoms with Crippen molar-refractivity contribution in [3.05, 3.63) is 36.1 Å². The van der Waals surface area contributed by atoms with Crippen LogP contribution in [-0.2, 0) is 4.74 Å². The Kier molecular flexibility index (Phi) is 6.20. The number of furan rings is 1. The van der Waals surface area contributed by atoms with Crippen LogP contribution in [0.15, 0.2) is 34.9 Å². The highest BCUT2D eigenvalue weighted by Crippen LogP contribution is 2.34. The summed E-state index contributed by atoms with van der Waals surface area (Å²) in [5.41, 5.74) is 2.45. The Balaban J connectivity index is 1.23. The third kappa shape index (κ3) is 4.35. The molecule has 0 aliphatic carbocycles. The molecule has 2 fully saturated rings. The van der Waals surface area contributed by atoms with Gasteiger partial charge in [0, 0.05) is 25.0 Å². The van der Waals surface area contributed by atoms with Crippen LogP contribution in [0.3, 0.4) is 0 Å². The monoisotopic (exact) mass is 384 g/mol. The number of rotatable bonds is 5. The molecule has 0 atom stereocenters. The van der Waals surface area contributed by atoms with Crippen LogP contribution < -0.4 is 0 Å². The van der Waals surface area contributed by atoms with E-state index in [1.54, 1.807) is 6.26 Å². The average Bonchev–Trinajstić information content (AvgIpc) is 3.22. The number of carbonyl (C=O) groups is 1. The van der Waals surface area contributed by atoms with Crippen molar-refractivity contribution in [3.8, 4) is 0 Å². The number of para-hydroxylation sites is 1. The minimum absolute atomic E-state index is 0.131. The van der Waals surface area contributed by atoms with E-state index in [1.165, 1.54) is 23.8 Å². The predicted molar refractivity (Wildman–Crippen MR) is 111 cm³/mol. The summed E-state index contributed by atoms with van der Waals surface area (Å²) >= 11 is 0. The zero-order valence-corrected chi connectivity index (χ0v) is 16.9. The summed E-state index contributed by atoms with van der Waals surface area (Å²) in [4.78, 5) is 16.5. The topological polar surface area (TPSA) is 45.9 Å². The van der Waals surface area contributed by atoms with Gasteiger partial charge in [-0.2, -0.15) is 0 Å². The van der Waals surface area contributed by atoms with Gasteiger partial charge in [-0.15, -0.1) is 0 Å². The molecule has 0 saturated carbocycles. The number of likely N-dealkylation sites (tertiary alicyclic amines) is 2. The molecule has 5 nitrogen and oxygen atoms in total. The van der Waals surface area contributed by atoms with Crippen LogP contribution in [-0.4, -0.2) is 55.2 Å². The van der Waals surface area contributed by atoms with Gasteiger partial charge >= 0.3 is 6.09 Å². The Morgan fingerprint density at radius 2 is 1.89 bits per heavy atom. The van der Waals surface area contributed by atoms with Crippen LogP contribution in [0.2, 0.25) is 0 Å². The van der Waals surface area contributed by atoms with Gasteiger partial charge in [-0.1, -0.05) is 25.1 Å². The molecule has 2 aliphatic heterocycles. The van der Waals surface area contributed by atoms with Gasteiger partial charge in [-0.25, -0.2) is 4.79 Å². The third-order valence-corrected chi connectivity index (χ3v) is 6.36. The van der Waals surface area contributed by atoms with Gasteiger partial charge in [0.1, 0.15) is 5.58 Å². The van der Waals surface area contributed by atoms with E-state index in [2.05, 4.69) is 29.2 Å². The first-order valence-corrected chi connectivity index (χ1v) is 10.8. The summed E-state index contributed by atoms with van der Waals surface area (Å²) in [5, 5.41) is 1.21. The molecule has 0 unspecified atom stereocenters. The summed E-state index contributed by atoms with van der Waals surface area (Å²) in [7, 11) is 0. The molecule has 5 heteroatoms. The number of fused-ring (bicyclic) bond motifs is 1. The Bertz CT molecular complexity index is 771. The Hall–Kier alpha value is -2.01. The van der Waals surface area contributed by atoms with Crippen molar-refractivity contribution in [1.82, 2.24) is 9.80 Å². The van der Waals surface area contributed by atoms with E-state index in [1.807, 2.05) is 11.8 Å². The van der Waals surface area contributed by atoms with Crippen LogP contribution in [0.25, 0.3) is 11.0 Å². The molecule has 0 radical (unpaired) electrons. The zero-order chi connectivity index (χ0) is 19.3. The summed E-state index contributed by atoms with van der Waals surface area (Å²) in [6.45, 7) is 7.70. The van der Waals surface area contributed by atoms with E-state index in [0.717, 1.165) is 57.6 Å². The molecule has 1 aromatic heterocycles. The second-order valence-electron chi connectivity index (χ2n) is 8.31. The second-order valence-corrected chi connectivity index (χ2v) is 8.31. The molecule has 28 heavy (non-hydrogen) atoms. The first kappa shape index (κ1) is 19.3. The molecule has 1 amide bonds. The maximum atomic E-state index is 12.0. The number of carbonyl (C=O) groups excluding carboxylic acids is 1. The molecule has 3 heterocycles. The fraction of sp³-hybridized carbons (Fsp3) is 0.609. The van der Waals surface area contributed by atoms with Gasteiger partial charge in [0.15, 0.2) is 0 Å². The molecule has 0 spiro atoms. The van der Waals surface area contributed by atoms with E-state index < -0.39 is 0 Å². The fourth-order valence-electron chi connectivity index (χ4n) is 4.71. The number of hydrogen-bond donors (Lipinski definition) is 0. The molecule has 1 aromatic carbocycles. The van der Waals surface area contributed by atoms with Crippen molar-refractivity contribution in [1.29, 1.82) is 0 Å². The van der Waals surface area contributed by atoms with Crippen molar-refractivity contribution in [2.75, 3.05) is 39.3 Å². The van der Waals surface area contributed by atoms with E-state index in [0.29, 0.717) is 18.4 Å². The van der Waals surface area contributed by atoms with Gasteiger partial charge in [-0.3, -0.25) is 0 Å². The van der Waals surface area contributed by atoms with Gasteiger partial charge in [0.2, 0.25) is 0 Å². The van der Waals surface area contributed by atoms with E-state index in [4.69, 9.17) is 9.15 Å². The SMILES string of the molecule is CCCOC(=O)N1CCC(CN2CCC(c3cccc4ccoc34)CC2)CC1. The molecule has 152 valence electrons. The lowest BCUT2D eigenvalue weighted by Gasteiger charge is -2.37. The maximum Gasteiger partial charge on any atom is 0.409 e. The van der Waals surface area contributed by atoms with Gasteiger partial charge in [-0.05, 0) is 68.7 Å². The molecule has 0 bridgehead atoms. The number of benzene rings is 1. The average molecular weight is 385 g/mol. The zero-order valence-electron chi connectivity index (χ0n) is 16.9. The maximum absolute atomic E-state index is 12.0. The van der Waals surface area contributed by atoms with Gasteiger partial charge in [0.05, 0.1) is 12.9 Å². The van der Waals surface area contributed by atoms with Crippen LogP contribution >= 0.6 is 0 Å². The lowest BCUT2D eigenvalue weighted by atomic mass is 9.87. The van der Waals surface area contributed by atoms with Crippen molar-refractivity contribution in [2.24, 2.45) is 5.92 Å². The number of nitrogens with zero attached hydrogens (tertiary/aromatic N) is 2. The highest BCUT2D eigenvalue weighted by atomic mass is 16.6. The molecule has 0 N–H and O–H groups in total. The Morgan fingerprint density at radius 3 is 2.64 bits per heavy atom.